The van der Waals surface area contributed by atoms with Crippen LogP contribution in [0.15, 0.2) is 11.6 Å². The van der Waals surface area contributed by atoms with E-state index in [4.69, 9.17) is 4.74 Å². The summed E-state index contributed by atoms with van der Waals surface area (Å²) in [5, 5.41) is 0. The standard InChI is InChI=1S/C18H34O/c1-7-10-16-18(6,19-16)13-9-11-15(3)14-17(4,5)12-8-2/h11,16H,7-10,12-14H2,1-6H3/b15-11+. The average molecular weight is 266 g/mol. The lowest BCUT2D eigenvalue weighted by atomic mass is 9.81. The first-order chi connectivity index (χ1) is 8.83. The number of rotatable bonds is 9. The third-order valence-electron chi connectivity index (χ3n) is 4.40. The van der Waals surface area contributed by atoms with Crippen LogP contribution >= 0.6 is 0 Å². The predicted octanol–water partition coefficient (Wildman–Crippen LogP) is 5.89. The number of ether oxygens (including phenoxy) is 1. The van der Waals surface area contributed by atoms with Crippen LogP contribution in [0.1, 0.15) is 86.5 Å². The Hall–Kier alpha value is -0.300. The molecule has 0 aliphatic carbocycles. The van der Waals surface area contributed by atoms with Gasteiger partial charge in [-0.3, -0.25) is 0 Å². The molecule has 1 saturated heterocycles. The molecule has 1 nitrogen and oxygen atoms in total. The van der Waals surface area contributed by atoms with Gasteiger partial charge in [0, 0.05) is 0 Å². The molecule has 112 valence electrons. The van der Waals surface area contributed by atoms with Crippen LogP contribution in [0, 0.1) is 5.41 Å². The van der Waals surface area contributed by atoms with Gasteiger partial charge in [-0.1, -0.05) is 52.2 Å². The van der Waals surface area contributed by atoms with Crippen molar-refractivity contribution in [2.24, 2.45) is 5.41 Å². The van der Waals surface area contributed by atoms with Crippen molar-refractivity contribution < 1.29 is 4.74 Å². The molecule has 1 rings (SSSR count). The first-order valence-electron chi connectivity index (χ1n) is 8.16. The van der Waals surface area contributed by atoms with E-state index in [0.717, 1.165) is 0 Å². The molecule has 1 aliphatic rings. The van der Waals surface area contributed by atoms with Crippen LogP contribution in [0.5, 0.6) is 0 Å². The van der Waals surface area contributed by atoms with E-state index in [1.807, 2.05) is 0 Å². The highest BCUT2D eigenvalue weighted by Crippen LogP contribution is 2.43. The van der Waals surface area contributed by atoms with E-state index < -0.39 is 0 Å². The Morgan fingerprint density at radius 2 is 1.95 bits per heavy atom. The van der Waals surface area contributed by atoms with Gasteiger partial charge in [0.15, 0.2) is 0 Å². The van der Waals surface area contributed by atoms with E-state index in [-0.39, 0.29) is 5.60 Å². The van der Waals surface area contributed by atoms with Crippen LogP contribution in [-0.4, -0.2) is 11.7 Å². The molecule has 0 aromatic heterocycles. The highest BCUT2D eigenvalue weighted by molar-refractivity contribution is 5.05. The van der Waals surface area contributed by atoms with E-state index in [1.165, 1.54) is 44.9 Å². The molecule has 1 heteroatoms. The van der Waals surface area contributed by atoms with Gasteiger partial charge in [-0.15, -0.1) is 0 Å². The summed E-state index contributed by atoms with van der Waals surface area (Å²) < 4.78 is 5.84. The quantitative estimate of drug-likeness (QED) is 0.374. The minimum atomic E-state index is 0.186. The summed E-state index contributed by atoms with van der Waals surface area (Å²) in [5.74, 6) is 0. The maximum absolute atomic E-state index is 5.84. The van der Waals surface area contributed by atoms with Crippen molar-refractivity contribution in [3.8, 4) is 0 Å². The van der Waals surface area contributed by atoms with Crippen molar-refractivity contribution in [2.45, 2.75) is 98.2 Å². The normalized spacial score (nSPS) is 27.7. The van der Waals surface area contributed by atoms with Crippen LogP contribution in [-0.2, 0) is 4.74 Å². The summed E-state index contributed by atoms with van der Waals surface area (Å²) in [5.41, 5.74) is 2.20. The molecule has 0 bridgehead atoms. The summed E-state index contributed by atoms with van der Waals surface area (Å²) in [6.45, 7) is 13.9. The second kappa shape index (κ2) is 6.92. The molecule has 0 amide bonds. The lowest BCUT2D eigenvalue weighted by molar-refractivity contribution is 0.294. The molecule has 1 fully saturated rings. The fraction of sp³-hybridized carbons (Fsp3) is 0.889. The lowest BCUT2D eigenvalue weighted by Crippen LogP contribution is -2.11. The number of allylic oxidation sites excluding steroid dienone is 2. The third kappa shape index (κ3) is 5.69. The molecule has 0 aromatic rings. The van der Waals surface area contributed by atoms with Crippen molar-refractivity contribution in [1.29, 1.82) is 0 Å². The Kier molecular flexibility index (Phi) is 6.11. The zero-order valence-electron chi connectivity index (χ0n) is 14.0. The summed E-state index contributed by atoms with van der Waals surface area (Å²) >= 11 is 0. The minimum absolute atomic E-state index is 0.186. The van der Waals surface area contributed by atoms with Gasteiger partial charge in [-0.25, -0.2) is 0 Å². The van der Waals surface area contributed by atoms with E-state index in [2.05, 4.69) is 47.6 Å². The molecule has 0 spiro atoms. The molecule has 2 unspecified atom stereocenters. The Balaban J connectivity index is 2.29. The van der Waals surface area contributed by atoms with E-state index >= 15 is 0 Å². The lowest BCUT2D eigenvalue weighted by Gasteiger charge is -2.24. The third-order valence-corrected chi connectivity index (χ3v) is 4.40. The molecular formula is C18H34O. The summed E-state index contributed by atoms with van der Waals surface area (Å²) in [6, 6.07) is 0. The van der Waals surface area contributed by atoms with Crippen LogP contribution in [0.2, 0.25) is 0 Å². The molecule has 2 atom stereocenters. The molecule has 19 heavy (non-hydrogen) atoms. The molecule has 0 N–H and O–H groups in total. The Morgan fingerprint density at radius 3 is 2.53 bits per heavy atom. The van der Waals surface area contributed by atoms with Gasteiger partial charge in [-0.2, -0.15) is 0 Å². The maximum Gasteiger partial charge on any atom is 0.0923 e. The Bertz CT molecular complexity index is 303. The van der Waals surface area contributed by atoms with Crippen molar-refractivity contribution >= 4 is 0 Å². The van der Waals surface area contributed by atoms with Crippen molar-refractivity contribution in [2.75, 3.05) is 0 Å². The van der Waals surface area contributed by atoms with Gasteiger partial charge in [-0.05, 0) is 51.4 Å². The Morgan fingerprint density at radius 1 is 1.26 bits per heavy atom. The van der Waals surface area contributed by atoms with Gasteiger partial charge in [0.25, 0.3) is 0 Å². The monoisotopic (exact) mass is 266 g/mol. The largest absolute Gasteiger partial charge is 0.366 e. The van der Waals surface area contributed by atoms with Gasteiger partial charge >= 0.3 is 0 Å². The van der Waals surface area contributed by atoms with Crippen LogP contribution in [0.25, 0.3) is 0 Å². The first-order valence-corrected chi connectivity index (χ1v) is 8.16. The molecule has 0 radical (unpaired) electrons. The topological polar surface area (TPSA) is 12.5 Å². The first kappa shape index (κ1) is 16.8. The number of hydrogen-bond donors (Lipinski definition) is 0. The number of epoxide rings is 1. The molecule has 1 heterocycles. The number of hydrogen-bond acceptors (Lipinski definition) is 1. The minimum Gasteiger partial charge on any atom is -0.366 e. The SMILES string of the molecule is CCCC1OC1(C)CC/C=C(\C)CC(C)(C)CCC. The van der Waals surface area contributed by atoms with Gasteiger partial charge in [0.05, 0.1) is 11.7 Å². The second-order valence-electron chi connectivity index (χ2n) is 7.39. The van der Waals surface area contributed by atoms with Crippen LogP contribution in [0.3, 0.4) is 0 Å². The molecular weight excluding hydrogens is 232 g/mol. The van der Waals surface area contributed by atoms with Gasteiger partial charge in [0.1, 0.15) is 0 Å². The molecule has 0 aromatic carbocycles. The van der Waals surface area contributed by atoms with Gasteiger partial charge in [0.2, 0.25) is 0 Å². The summed E-state index contributed by atoms with van der Waals surface area (Å²) in [7, 11) is 0. The predicted molar refractivity (Wildman–Crippen MR) is 84.5 cm³/mol. The van der Waals surface area contributed by atoms with Crippen LogP contribution in [0.4, 0.5) is 0 Å². The van der Waals surface area contributed by atoms with Crippen molar-refractivity contribution in [3.63, 3.8) is 0 Å². The van der Waals surface area contributed by atoms with Crippen LogP contribution < -0.4 is 0 Å². The molecule has 0 saturated carbocycles. The maximum atomic E-state index is 5.84. The van der Waals surface area contributed by atoms with E-state index in [9.17, 15) is 0 Å². The zero-order valence-corrected chi connectivity index (χ0v) is 14.0. The molecule has 1 aliphatic heterocycles. The van der Waals surface area contributed by atoms with Gasteiger partial charge < -0.3 is 4.74 Å². The average Bonchev–Trinajstić information content (AvgIpc) is 2.88. The smallest absolute Gasteiger partial charge is 0.0923 e. The Labute approximate surface area is 120 Å². The summed E-state index contributed by atoms with van der Waals surface area (Å²) in [6.07, 6.45) is 11.6. The zero-order chi connectivity index (χ0) is 14.5. The second-order valence-corrected chi connectivity index (χ2v) is 7.39. The van der Waals surface area contributed by atoms with Crippen molar-refractivity contribution in [1.82, 2.24) is 0 Å². The van der Waals surface area contributed by atoms with E-state index in [1.54, 1.807) is 5.57 Å². The summed E-state index contributed by atoms with van der Waals surface area (Å²) in [4.78, 5) is 0. The van der Waals surface area contributed by atoms with E-state index in [0.29, 0.717) is 11.5 Å². The fourth-order valence-electron chi connectivity index (χ4n) is 3.33. The highest BCUT2D eigenvalue weighted by atomic mass is 16.6. The van der Waals surface area contributed by atoms with Crippen molar-refractivity contribution in [3.05, 3.63) is 11.6 Å². The highest BCUT2D eigenvalue weighted by Gasteiger charge is 2.50. The fourth-order valence-corrected chi connectivity index (χ4v) is 3.33.